The van der Waals surface area contributed by atoms with Crippen molar-refractivity contribution in [3.63, 3.8) is 0 Å². The lowest BCUT2D eigenvalue weighted by molar-refractivity contribution is -0.104. The fraction of sp³-hybridized carbons (Fsp3) is 1.00. The van der Waals surface area contributed by atoms with Crippen molar-refractivity contribution in [3.05, 3.63) is 0 Å². The van der Waals surface area contributed by atoms with Gasteiger partial charge in [-0.2, -0.15) is 0 Å². The molecule has 0 spiro atoms. The van der Waals surface area contributed by atoms with Crippen LogP contribution in [-0.4, -0.2) is 37.6 Å². The van der Waals surface area contributed by atoms with Gasteiger partial charge < -0.3 is 14.6 Å². The topological polar surface area (TPSA) is 38.7 Å². The van der Waals surface area contributed by atoms with E-state index in [-0.39, 0.29) is 12.2 Å². The van der Waals surface area contributed by atoms with Crippen LogP contribution in [0, 0.1) is 11.8 Å². The highest BCUT2D eigenvalue weighted by atomic mass is 16.5. The molecule has 0 bridgehead atoms. The summed E-state index contributed by atoms with van der Waals surface area (Å²) in [5.74, 6) is 1.06. The number of ether oxygens (including phenoxy) is 2. The Morgan fingerprint density at radius 1 is 1.21 bits per heavy atom. The Balaban J connectivity index is 2.34. The first kappa shape index (κ1) is 12.0. The molecule has 0 heterocycles. The molecule has 0 amide bonds. The van der Waals surface area contributed by atoms with Crippen molar-refractivity contribution in [2.45, 2.75) is 38.9 Å². The van der Waals surface area contributed by atoms with Gasteiger partial charge in [0.1, 0.15) is 0 Å². The first-order valence-electron chi connectivity index (χ1n) is 5.43. The summed E-state index contributed by atoms with van der Waals surface area (Å²) < 4.78 is 10.5. The van der Waals surface area contributed by atoms with Gasteiger partial charge in [-0.15, -0.1) is 0 Å². The van der Waals surface area contributed by atoms with Gasteiger partial charge in [0, 0.05) is 7.11 Å². The number of aliphatic hydroxyl groups excluding tert-OH is 1. The Labute approximate surface area is 86.4 Å². The predicted octanol–water partition coefficient (Wildman–Crippen LogP) is 1.44. The first-order valence-corrected chi connectivity index (χ1v) is 5.43. The molecule has 1 rings (SSSR count). The average molecular weight is 202 g/mol. The van der Waals surface area contributed by atoms with Crippen LogP contribution >= 0.6 is 0 Å². The minimum absolute atomic E-state index is 0.00125. The van der Waals surface area contributed by atoms with Gasteiger partial charge in [0.2, 0.25) is 0 Å². The molecule has 3 nitrogen and oxygen atoms in total. The van der Waals surface area contributed by atoms with Crippen LogP contribution in [0.3, 0.4) is 0 Å². The van der Waals surface area contributed by atoms with E-state index in [0.717, 1.165) is 12.8 Å². The molecular formula is C11H22O3. The molecule has 1 saturated carbocycles. The summed E-state index contributed by atoms with van der Waals surface area (Å²) >= 11 is 0. The van der Waals surface area contributed by atoms with E-state index in [1.165, 1.54) is 0 Å². The van der Waals surface area contributed by atoms with Crippen LogP contribution in [0.15, 0.2) is 0 Å². The second-order valence-corrected chi connectivity index (χ2v) is 4.45. The van der Waals surface area contributed by atoms with Crippen molar-refractivity contribution in [3.8, 4) is 0 Å². The lowest BCUT2D eigenvalue weighted by Gasteiger charge is -2.36. The standard InChI is InChI=1S/C11H22O3/c1-8-6-9(2)11(10(12)7-8)14-5-4-13-3/h8-12H,4-7H2,1-3H3. The zero-order valence-corrected chi connectivity index (χ0v) is 9.40. The lowest BCUT2D eigenvalue weighted by atomic mass is 9.79. The quantitative estimate of drug-likeness (QED) is 0.701. The zero-order valence-electron chi connectivity index (χ0n) is 9.40. The number of rotatable bonds is 4. The van der Waals surface area contributed by atoms with Crippen molar-refractivity contribution in [2.75, 3.05) is 20.3 Å². The molecule has 0 aromatic heterocycles. The fourth-order valence-corrected chi connectivity index (χ4v) is 2.33. The van der Waals surface area contributed by atoms with Gasteiger partial charge in [0.25, 0.3) is 0 Å². The Morgan fingerprint density at radius 3 is 2.50 bits per heavy atom. The number of hydrogen-bond acceptors (Lipinski definition) is 3. The molecule has 0 aromatic rings. The van der Waals surface area contributed by atoms with E-state index in [1.54, 1.807) is 7.11 Å². The normalized spacial score (nSPS) is 38.6. The molecule has 14 heavy (non-hydrogen) atoms. The monoisotopic (exact) mass is 202 g/mol. The van der Waals surface area contributed by atoms with Crippen molar-refractivity contribution in [2.24, 2.45) is 11.8 Å². The van der Waals surface area contributed by atoms with Crippen LogP contribution in [0.1, 0.15) is 26.7 Å². The van der Waals surface area contributed by atoms with Crippen molar-refractivity contribution >= 4 is 0 Å². The highest BCUT2D eigenvalue weighted by Crippen LogP contribution is 2.30. The third-order valence-corrected chi connectivity index (χ3v) is 2.96. The fourth-order valence-electron chi connectivity index (χ4n) is 2.33. The summed E-state index contributed by atoms with van der Waals surface area (Å²) in [6.07, 6.45) is 1.71. The SMILES string of the molecule is COCCOC1C(C)CC(C)CC1O. The van der Waals surface area contributed by atoms with Gasteiger partial charge in [0.05, 0.1) is 25.4 Å². The Morgan fingerprint density at radius 2 is 1.93 bits per heavy atom. The predicted molar refractivity (Wildman–Crippen MR) is 55.2 cm³/mol. The van der Waals surface area contributed by atoms with Gasteiger partial charge in [-0.25, -0.2) is 0 Å². The molecule has 1 aliphatic carbocycles. The van der Waals surface area contributed by atoms with Gasteiger partial charge in [0.15, 0.2) is 0 Å². The van der Waals surface area contributed by atoms with Gasteiger partial charge >= 0.3 is 0 Å². The molecule has 4 atom stereocenters. The molecule has 0 saturated heterocycles. The maximum absolute atomic E-state index is 9.84. The number of hydrogen-bond donors (Lipinski definition) is 1. The zero-order chi connectivity index (χ0) is 10.6. The van der Waals surface area contributed by atoms with Crippen molar-refractivity contribution < 1.29 is 14.6 Å². The second kappa shape index (κ2) is 5.69. The van der Waals surface area contributed by atoms with Crippen LogP contribution in [0.25, 0.3) is 0 Å². The van der Waals surface area contributed by atoms with Crippen molar-refractivity contribution in [1.29, 1.82) is 0 Å². The molecule has 3 heteroatoms. The van der Waals surface area contributed by atoms with Gasteiger partial charge in [-0.1, -0.05) is 13.8 Å². The van der Waals surface area contributed by atoms with Crippen LogP contribution in [0.4, 0.5) is 0 Å². The van der Waals surface area contributed by atoms with Gasteiger partial charge in [-0.05, 0) is 24.7 Å². The molecule has 1 fully saturated rings. The van der Waals surface area contributed by atoms with E-state index in [0.29, 0.717) is 25.0 Å². The van der Waals surface area contributed by atoms with Crippen LogP contribution < -0.4 is 0 Å². The Bertz CT molecular complexity index is 149. The van der Waals surface area contributed by atoms with E-state index in [1.807, 2.05) is 0 Å². The third-order valence-electron chi connectivity index (χ3n) is 2.96. The molecule has 0 aromatic carbocycles. The summed E-state index contributed by atoms with van der Waals surface area (Å²) in [5, 5.41) is 9.84. The minimum atomic E-state index is -0.300. The lowest BCUT2D eigenvalue weighted by Crippen LogP contribution is -2.41. The smallest absolute Gasteiger partial charge is 0.0860 e. The van der Waals surface area contributed by atoms with Crippen LogP contribution in [0.2, 0.25) is 0 Å². The first-order chi connectivity index (χ1) is 6.65. The van der Waals surface area contributed by atoms with E-state index >= 15 is 0 Å². The summed E-state index contributed by atoms with van der Waals surface area (Å²) in [6, 6.07) is 0. The minimum Gasteiger partial charge on any atom is -0.390 e. The summed E-state index contributed by atoms with van der Waals surface area (Å²) in [7, 11) is 1.66. The summed E-state index contributed by atoms with van der Waals surface area (Å²) in [5.41, 5.74) is 0. The molecule has 1 aliphatic rings. The summed E-state index contributed by atoms with van der Waals surface area (Å²) in [4.78, 5) is 0. The van der Waals surface area contributed by atoms with E-state index < -0.39 is 0 Å². The Hall–Kier alpha value is -0.120. The average Bonchev–Trinajstić information content (AvgIpc) is 2.09. The molecule has 4 unspecified atom stereocenters. The second-order valence-electron chi connectivity index (χ2n) is 4.45. The molecule has 0 radical (unpaired) electrons. The van der Waals surface area contributed by atoms with Crippen molar-refractivity contribution in [1.82, 2.24) is 0 Å². The van der Waals surface area contributed by atoms with Crippen LogP contribution in [0.5, 0.6) is 0 Å². The van der Waals surface area contributed by atoms with Crippen LogP contribution in [-0.2, 0) is 9.47 Å². The van der Waals surface area contributed by atoms with E-state index in [4.69, 9.17) is 9.47 Å². The maximum Gasteiger partial charge on any atom is 0.0860 e. The number of aliphatic hydroxyl groups is 1. The molecule has 1 N–H and O–H groups in total. The highest BCUT2D eigenvalue weighted by Gasteiger charge is 2.33. The largest absolute Gasteiger partial charge is 0.390 e. The molecular weight excluding hydrogens is 180 g/mol. The molecule has 84 valence electrons. The third kappa shape index (κ3) is 3.23. The maximum atomic E-state index is 9.84. The van der Waals surface area contributed by atoms with Gasteiger partial charge in [-0.3, -0.25) is 0 Å². The Kier molecular flexibility index (Phi) is 4.85. The van der Waals surface area contributed by atoms with E-state index in [2.05, 4.69) is 13.8 Å². The molecule has 0 aliphatic heterocycles. The highest BCUT2D eigenvalue weighted by molar-refractivity contribution is 4.83. The van der Waals surface area contributed by atoms with E-state index in [9.17, 15) is 5.11 Å². The summed E-state index contributed by atoms with van der Waals surface area (Å²) in [6.45, 7) is 5.52. The number of methoxy groups -OCH3 is 1.